The minimum absolute atomic E-state index is 0.00686. The smallest absolute Gasteiger partial charge is 0.174 e. The summed E-state index contributed by atoms with van der Waals surface area (Å²) >= 11 is 5.83. The maximum Gasteiger partial charge on any atom is 0.174 e. The number of rotatable bonds is 4. The molecule has 0 N–H and O–H groups in total. The summed E-state index contributed by atoms with van der Waals surface area (Å²) in [5.74, 6) is 0.608. The van der Waals surface area contributed by atoms with E-state index >= 15 is 0 Å². The van der Waals surface area contributed by atoms with E-state index in [1.54, 1.807) is 6.21 Å². The lowest BCUT2D eigenvalue weighted by molar-refractivity contribution is 0.369. The van der Waals surface area contributed by atoms with E-state index < -0.39 is 0 Å². The van der Waals surface area contributed by atoms with Crippen LogP contribution in [0.2, 0.25) is 5.02 Å². The summed E-state index contributed by atoms with van der Waals surface area (Å²) < 4.78 is 5.38. The monoisotopic (exact) mass is 284 g/mol. The molecule has 0 aliphatic rings. The number of aliphatic imine (C=N–C) groups is 1. The summed E-state index contributed by atoms with van der Waals surface area (Å²) in [6.07, 6.45) is 1.74. The minimum atomic E-state index is 0.00686. The SMILES string of the molecule is Cc1ccc(/N=C/c2ccc(Cl)cc2)c(OCC#N)c1. The molecule has 0 unspecified atom stereocenters. The van der Waals surface area contributed by atoms with E-state index in [0.717, 1.165) is 11.1 Å². The van der Waals surface area contributed by atoms with Gasteiger partial charge >= 0.3 is 0 Å². The Morgan fingerprint density at radius 1 is 1.25 bits per heavy atom. The highest BCUT2D eigenvalue weighted by Crippen LogP contribution is 2.28. The van der Waals surface area contributed by atoms with Gasteiger partial charge in [-0.3, -0.25) is 4.99 Å². The molecule has 100 valence electrons. The zero-order valence-corrected chi connectivity index (χ0v) is 11.8. The third kappa shape index (κ3) is 3.84. The molecule has 0 aliphatic carbocycles. The van der Waals surface area contributed by atoms with Gasteiger partial charge in [-0.2, -0.15) is 5.26 Å². The molecule has 0 bridgehead atoms. The highest BCUT2D eigenvalue weighted by Gasteiger charge is 2.02. The van der Waals surface area contributed by atoms with Crippen molar-refractivity contribution in [2.75, 3.05) is 6.61 Å². The molecule has 0 fully saturated rings. The van der Waals surface area contributed by atoms with Crippen molar-refractivity contribution in [1.29, 1.82) is 5.26 Å². The first-order chi connectivity index (χ1) is 9.69. The molecule has 0 amide bonds. The second-order valence-corrected chi connectivity index (χ2v) is 4.66. The number of hydrogen-bond donors (Lipinski definition) is 0. The van der Waals surface area contributed by atoms with Crippen molar-refractivity contribution in [3.8, 4) is 11.8 Å². The molecule has 3 nitrogen and oxygen atoms in total. The molecule has 0 saturated carbocycles. The predicted octanol–water partition coefficient (Wildman–Crippen LogP) is 4.30. The van der Waals surface area contributed by atoms with Crippen LogP contribution < -0.4 is 4.74 Å². The Balaban J connectivity index is 2.23. The molecule has 2 rings (SSSR count). The zero-order valence-electron chi connectivity index (χ0n) is 11.0. The van der Waals surface area contributed by atoms with Gasteiger partial charge in [0.2, 0.25) is 0 Å². The average Bonchev–Trinajstić information content (AvgIpc) is 2.46. The first-order valence-electron chi connectivity index (χ1n) is 6.09. The van der Waals surface area contributed by atoms with Crippen LogP contribution in [0, 0.1) is 18.3 Å². The van der Waals surface area contributed by atoms with E-state index in [4.69, 9.17) is 21.6 Å². The van der Waals surface area contributed by atoms with Crippen LogP contribution in [0.25, 0.3) is 0 Å². The topological polar surface area (TPSA) is 45.4 Å². The van der Waals surface area contributed by atoms with Crippen molar-refractivity contribution in [3.63, 3.8) is 0 Å². The Labute approximate surface area is 123 Å². The molecule has 0 spiro atoms. The molecule has 2 aromatic rings. The fourth-order valence-electron chi connectivity index (χ4n) is 1.65. The van der Waals surface area contributed by atoms with Gasteiger partial charge in [0.1, 0.15) is 17.5 Å². The standard InChI is InChI=1S/C16H13ClN2O/c1-12-2-7-15(16(10-12)20-9-8-18)19-11-13-3-5-14(17)6-4-13/h2-7,10-11H,9H2,1H3/b19-11+. The molecule has 0 heterocycles. The van der Waals surface area contributed by atoms with Crippen molar-refractivity contribution in [2.24, 2.45) is 4.99 Å². The number of benzene rings is 2. The van der Waals surface area contributed by atoms with Crippen LogP contribution in [0.15, 0.2) is 47.5 Å². The van der Waals surface area contributed by atoms with Gasteiger partial charge in [0.25, 0.3) is 0 Å². The summed E-state index contributed by atoms with van der Waals surface area (Å²) in [5.41, 5.74) is 2.70. The van der Waals surface area contributed by atoms with Crippen LogP contribution in [0.5, 0.6) is 5.75 Å². The molecule has 0 aliphatic heterocycles. The number of nitriles is 1. The van der Waals surface area contributed by atoms with Gasteiger partial charge in [-0.25, -0.2) is 0 Å². The number of halogens is 1. The van der Waals surface area contributed by atoms with Gasteiger partial charge in [0, 0.05) is 11.2 Å². The second-order valence-electron chi connectivity index (χ2n) is 4.23. The van der Waals surface area contributed by atoms with Crippen LogP contribution in [0.4, 0.5) is 5.69 Å². The van der Waals surface area contributed by atoms with Gasteiger partial charge < -0.3 is 4.74 Å². The number of nitrogens with zero attached hydrogens (tertiary/aromatic N) is 2. The third-order valence-electron chi connectivity index (χ3n) is 2.63. The Morgan fingerprint density at radius 2 is 2.00 bits per heavy atom. The number of hydrogen-bond acceptors (Lipinski definition) is 3. The molecule has 4 heteroatoms. The Morgan fingerprint density at radius 3 is 2.70 bits per heavy atom. The van der Waals surface area contributed by atoms with Crippen LogP contribution in [0.1, 0.15) is 11.1 Å². The van der Waals surface area contributed by atoms with Gasteiger partial charge in [-0.15, -0.1) is 0 Å². The van der Waals surface area contributed by atoms with Crippen molar-refractivity contribution in [3.05, 3.63) is 58.6 Å². The average molecular weight is 285 g/mol. The molecule has 0 aromatic heterocycles. The van der Waals surface area contributed by atoms with E-state index in [1.165, 1.54) is 0 Å². The highest BCUT2D eigenvalue weighted by atomic mass is 35.5. The normalized spacial score (nSPS) is 10.4. The van der Waals surface area contributed by atoms with Crippen molar-refractivity contribution < 1.29 is 4.74 Å². The summed E-state index contributed by atoms with van der Waals surface area (Å²) in [5, 5.41) is 9.29. The largest absolute Gasteiger partial charge is 0.476 e. The molecule has 0 radical (unpaired) electrons. The van der Waals surface area contributed by atoms with Gasteiger partial charge in [0.05, 0.1) is 0 Å². The van der Waals surface area contributed by atoms with Crippen molar-refractivity contribution >= 4 is 23.5 Å². The van der Waals surface area contributed by atoms with E-state index in [2.05, 4.69) is 4.99 Å². The van der Waals surface area contributed by atoms with Crippen LogP contribution in [-0.2, 0) is 0 Å². The highest BCUT2D eigenvalue weighted by molar-refractivity contribution is 6.30. The zero-order chi connectivity index (χ0) is 14.4. The summed E-state index contributed by atoms with van der Waals surface area (Å²) in [4.78, 5) is 4.40. The van der Waals surface area contributed by atoms with Gasteiger partial charge in [0.15, 0.2) is 6.61 Å². The van der Waals surface area contributed by atoms with E-state index in [0.29, 0.717) is 16.5 Å². The van der Waals surface area contributed by atoms with Crippen LogP contribution in [0.3, 0.4) is 0 Å². The van der Waals surface area contributed by atoms with Crippen LogP contribution >= 0.6 is 11.6 Å². The Hall–Kier alpha value is -2.31. The quantitative estimate of drug-likeness (QED) is 0.786. The molecule has 0 atom stereocenters. The maximum absolute atomic E-state index is 8.60. The lowest BCUT2D eigenvalue weighted by Crippen LogP contribution is -1.94. The molecule has 2 aromatic carbocycles. The predicted molar refractivity (Wildman–Crippen MR) is 81.0 cm³/mol. The molecule has 20 heavy (non-hydrogen) atoms. The summed E-state index contributed by atoms with van der Waals surface area (Å²) in [6, 6.07) is 15.0. The number of aryl methyl sites for hydroxylation is 1. The third-order valence-corrected chi connectivity index (χ3v) is 2.88. The first kappa shape index (κ1) is 14.1. The van der Waals surface area contributed by atoms with E-state index in [9.17, 15) is 0 Å². The lowest BCUT2D eigenvalue weighted by atomic mass is 10.2. The molecule has 0 saturated heterocycles. The van der Waals surface area contributed by atoms with Crippen molar-refractivity contribution in [1.82, 2.24) is 0 Å². The van der Waals surface area contributed by atoms with E-state index in [1.807, 2.05) is 55.5 Å². The van der Waals surface area contributed by atoms with Crippen molar-refractivity contribution in [2.45, 2.75) is 6.92 Å². The summed E-state index contributed by atoms with van der Waals surface area (Å²) in [7, 11) is 0. The summed E-state index contributed by atoms with van der Waals surface area (Å²) in [6.45, 7) is 1.97. The molecular weight excluding hydrogens is 272 g/mol. The van der Waals surface area contributed by atoms with E-state index in [-0.39, 0.29) is 6.61 Å². The lowest BCUT2D eigenvalue weighted by Gasteiger charge is -2.06. The minimum Gasteiger partial charge on any atom is -0.476 e. The fraction of sp³-hybridized carbons (Fsp3) is 0.125. The fourth-order valence-corrected chi connectivity index (χ4v) is 1.77. The van der Waals surface area contributed by atoms with Gasteiger partial charge in [-0.05, 0) is 42.3 Å². The molecular formula is C16H13ClN2O. The Kier molecular flexibility index (Phi) is 4.75. The maximum atomic E-state index is 8.60. The first-order valence-corrected chi connectivity index (χ1v) is 6.47. The second kappa shape index (κ2) is 6.74. The van der Waals surface area contributed by atoms with Gasteiger partial charge in [-0.1, -0.05) is 29.8 Å². The Bertz CT molecular complexity index is 657. The number of ether oxygens (including phenoxy) is 1. The van der Waals surface area contributed by atoms with Crippen LogP contribution in [-0.4, -0.2) is 12.8 Å².